The molecule has 1 aromatic rings. The monoisotopic (exact) mass is 344 g/mol. The van der Waals surface area contributed by atoms with Crippen LogP contribution in [0.3, 0.4) is 0 Å². The number of nitrogens with zero attached hydrogens (tertiary/aromatic N) is 1. The zero-order valence-electron chi connectivity index (χ0n) is 16.1. The Kier molecular flexibility index (Phi) is 4.20. The van der Waals surface area contributed by atoms with Gasteiger partial charge < -0.3 is 9.73 Å². The van der Waals surface area contributed by atoms with Crippen molar-refractivity contribution in [3.63, 3.8) is 0 Å². The maximum Gasteiger partial charge on any atom is 0.273 e. The first-order valence-electron chi connectivity index (χ1n) is 10.2. The molecule has 138 valence electrons. The smallest absolute Gasteiger partial charge is 0.273 e. The minimum atomic E-state index is -0.0423. The maximum absolute atomic E-state index is 12.8. The third-order valence-electron chi connectivity index (χ3n) is 7.65. The Morgan fingerprint density at radius 3 is 2.56 bits per heavy atom. The van der Waals surface area contributed by atoms with Crippen molar-refractivity contribution in [3.05, 3.63) is 17.3 Å². The summed E-state index contributed by atoms with van der Waals surface area (Å²) in [6.45, 7) is 8.95. The van der Waals surface area contributed by atoms with Crippen LogP contribution >= 0.6 is 0 Å². The highest BCUT2D eigenvalue weighted by molar-refractivity contribution is 5.93. The molecule has 0 saturated heterocycles. The normalized spacial score (nSPS) is 34.4. The second-order valence-electron chi connectivity index (χ2n) is 9.33. The first-order valence-corrected chi connectivity index (χ1v) is 10.2. The Morgan fingerprint density at radius 1 is 1.20 bits per heavy atom. The van der Waals surface area contributed by atoms with Gasteiger partial charge in [-0.15, -0.1) is 0 Å². The largest absolute Gasteiger partial charge is 0.445 e. The maximum atomic E-state index is 12.8. The van der Waals surface area contributed by atoms with E-state index in [-0.39, 0.29) is 11.9 Å². The lowest BCUT2D eigenvalue weighted by atomic mass is 9.45. The van der Waals surface area contributed by atoms with Gasteiger partial charge >= 0.3 is 0 Å². The number of aromatic nitrogens is 1. The van der Waals surface area contributed by atoms with Crippen LogP contribution in [0.2, 0.25) is 0 Å². The summed E-state index contributed by atoms with van der Waals surface area (Å²) >= 11 is 0. The number of nitrogens with one attached hydrogen (secondary N) is 1. The molecule has 4 atom stereocenters. The van der Waals surface area contributed by atoms with Gasteiger partial charge in [-0.3, -0.25) is 4.79 Å². The number of oxazole rings is 1. The molecule has 5 rings (SSSR count). The number of fused-ring (bicyclic) bond motifs is 2. The SMILES string of the molecule is Cc1oc(C2CCCCC2)nc1C(=O)N[C@@H]1C[C@@H]2C[C@H]([C@H]1C)C2(C)C. The van der Waals surface area contributed by atoms with Crippen LogP contribution in [-0.2, 0) is 0 Å². The molecule has 2 bridgehead atoms. The third kappa shape index (κ3) is 2.82. The Bertz CT molecular complexity index is 657. The van der Waals surface area contributed by atoms with Crippen LogP contribution in [0.25, 0.3) is 0 Å². The van der Waals surface area contributed by atoms with E-state index in [1.807, 2.05) is 6.92 Å². The lowest BCUT2D eigenvalue weighted by Crippen LogP contribution is -2.60. The first kappa shape index (κ1) is 17.1. The Hall–Kier alpha value is -1.32. The van der Waals surface area contributed by atoms with Crippen LogP contribution < -0.4 is 5.32 Å². The molecule has 0 unspecified atom stereocenters. The molecular weight excluding hydrogens is 312 g/mol. The molecule has 1 heterocycles. The van der Waals surface area contributed by atoms with Crippen molar-refractivity contribution in [2.24, 2.45) is 23.2 Å². The zero-order chi connectivity index (χ0) is 17.8. The molecule has 4 aliphatic carbocycles. The van der Waals surface area contributed by atoms with Gasteiger partial charge in [0.15, 0.2) is 11.6 Å². The summed E-state index contributed by atoms with van der Waals surface area (Å²) in [6, 6.07) is 0.276. The summed E-state index contributed by atoms with van der Waals surface area (Å²) in [5, 5.41) is 3.28. The van der Waals surface area contributed by atoms with E-state index in [1.165, 1.54) is 25.7 Å². The Labute approximate surface area is 151 Å². The average Bonchev–Trinajstić information content (AvgIpc) is 2.99. The molecule has 0 radical (unpaired) electrons. The van der Waals surface area contributed by atoms with E-state index in [9.17, 15) is 4.79 Å². The van der Waals surface area contributed by atoms with Crippen molar-refractivity contribution in [2.75, 3.05) is 0 Å². The number of hydrogen-bond donors (Lipinski definition) is 1. The van der Waals surface area contributed by atoms with Crippen LogP contribution in [0.1, 0.15) is 93.8 Å². The highest BCUT2D eigenvalue weighted by atomic mass is 16.4. The van der Waals surface area contributed by atoms with E-state index in [0.29, 0.717) is 28.7 Å². The Balaban J connectivity index is 1.44. The summed E-state index contributed by atoms with van der Waals surface area (Å²) in [4.78, 5) is 17.4. The van der Waals surface area contributed by atoms with Crippen molar-refractivity contribution in [3.8, 4) is 0 Å². The average molecular weight is 344 g/mol. The summed E-state index contributed by atoms with van der Waals surface area (Å²) in [6.07, 6.45) is 8.50. The third-order valence-corrected chi connectivity index (χ3v) is 7.65. The van der Waals surface area contributed by atoms with Crippen LogP contribution in [0.5, 0.6) is 0 Å². The number of rotatable bonds is 3. The van der Waals surface area contributed by atoms with Gasteiger partial charge in [0.05, 0.1) is 0 Å². The van der Waals surface area contributed by atoms with E-state index >= 15 is 0 Å². The molecule has 4 heteroatoms. The van der Waals surface area contributed by atoms with E-state index in [0.717, 1.165) is 37.0 Å². The lowest BCUT2D eigenvalue weighted by molar-refractivity contribution is -0.113. The summed E-state index contributed by atoms with van der Waals surface area (Å²) in [5.74, 6) is 3.82. The minimum absolute atomic E-state index is 0.0423. The van der Waals surface area contributed by atoms with Crippen LogP contribution in [0.15, 0.2) is 4.42 Å². The van der Waals surface area contributed by atoms with Gasteiger partial charge in [0.1, 0.15) is 5.76 Å². The first-order chi connectivity index (χ1) is 11.9. The van der Waals surface area contributed by atoms with E-state index in [4.69, 9.17) is 4.42 Å². The molecule has 4 fully saturated rings. The number of hydrogen-bond acceptors (Lipinski definition) is 3. The van der Waals surface area contributed by atoms with Crippen molar-refractivity contribution in [1.29, 1.82) is 0 Å². The fraction of sp³-hybridized carbons (Fsp3) is 0.810. The molecule has 0 aromatic carbocycles. The fourth-order valence-corrected chi connectivity index (χ4v) is 5.73. The highest BCUT2D eigenvalue weighted by Crippen LogP contribution is 2.61. The van der Waals surface area contributed by atoms with E-state index in [2.05, 4.69) is 31.1 Å². The van der Waals surface area contributed by atoms with Gasteiger partial charge in [-0.1, -0.05) is 40.0 Å². The molecule has 4 saturated carbocycles. The van der Waals surface area contributed by atoms with Crippen molar-refractivity contribution < 1.29 is 9.21 Å². The van der Waals surface area contributed by atoms with Crippen molar-refractivity contribution >= 4 is 5.91 Å². The molecule has 4 nitrogen and oxygen atoms in total. The topological polar surface area (TPSA) is 55.1 Å². The van der Waals surface area contributed by atoms with E-state index in [1.54, 1.807) is 0 Å². The molecule has 25 heavy (non-hydrogen) atoms. The quantitative estimate of drug-likeness (QED) is 0.854. The van der Waals surface area contributed by atoms with Gasteiger partial charge in [-0.05, 0) is 55.8 Å². The molecular formula is C21H32N2O2. The van der Waals surface area contributed by atoms with Crippen molar-refractivity contribution in [2.45, 2.75) is 84.6 Å². The standard InChI is InChI=1S/C21H32N2O2/c1-12-16-10-15(21(16,3)4)11-17(12)22-19(24)18-13(2)25-20(23-18)14-8-6-5-7-9-14/h12,14-17H,5-11H2,1-4H3,(H,22,24)/t12-,15+,16-,17-/m1/s1. The second kappa shape index (κ2) is 6.14. The van der Waals surface area contributed by atoms with Gasteiger partial charge in [-0.2, -0.15) is 0 Å². The number of carbonyl (C=O) groups excluding carboxylic acids is 1. The van der Waals surface area contributed by atoms with Gasteiger partial charge in [0, 0.05) is 12.0 Å². The van der Waals surface area contributed by atoms with Gasteiger partial charge in [0.2, 0.25) is 0 Å². The number of aryl methyl sites for hydroxylation is 1. The highest BCUT2D eigenvalue weighted by Gasteiger charge is 2.56. The van der Waals surface area contributed by atoms with Gasteiger partial charge in [0.25, 0.3) is 5.91 Å². The Morgan fingerprint density at radius 2 is 1.92 bits per heavy atom. The summed E-state index contributed by atoms with van der Waals surface area (Å²) in [5.41, 5.74) is 0.949. The predicted octanol–water partition coefficient (Wildman–Crippen LogP) is 4.83. The molecule has 0 aliphatic heterocycles. The summed E-state index contributed by atoms with van der Waals surface area (Å²) in [7, 11) is 0. The molecule has 1 amide bonds. The van der Waals surface area contributed by atoms with E-state index < -0.39 is 0 Å². The van der Waals surface area contributed by atoms with Crippen LogP contribution in [0.4, 0.5) is 0 Å². The molecule has 0 spiro atoms. The summed E-state index contributed by atoms with van der Waals surface area (Å²) < 4.78 is 5.88. The van der Waals surface area contributed by atoms with Crippen LogP contribution in [0, 0.1) is 30.1 Å². The zero-order valence-corrected chi connectivity index (χ0v) is 16.1. The van der Waals surface area contributed by atoms with Crippen LogP contribution in [-0.4, -0.2) is 16.9 Å². The minimum Gasteiger partial charge on any atom is -0.445 e. The number of carbonyl (C=O) groups is 1. The molecule has 1 aromatic heterocycles. The van der Waals surface area contributed by atoms with Crippen molar-refractivity contribution in [1.82, 2.24) is 10.3 Å². The lowest BCUT2D eigenvalue weighted by Gasteiger charge is -2.62. The predicted molar refractivity (Wildman–Crippen MR) is 97.5 cm³/mol. The fourth-order valence-electron chi connectivity index (χ4n) is 5.73. The van der Waals surface area contributed by atoms with Gasteiger partial charge in [-0.25, -0.2) is 4.98 Å². The second-order valence-corrected chi connectivity index (χ2v) is 9.33. The number of amides is 1. The molecule has 4 aliphatic rings. The molecule has 1 N–H and O–H groups in total.